The van der Waals surface area contributed by atoms with Gasteiger partial charge < -0.3 is 0 Å². The van der Waals surface area contributed by atoms with E-state index in [0.717, 1.165) is 0 Å². The lowest BCUT2D eigenvalue weighted by Crippen LogP contribution is -2.10. The van der Waals surface area contributed by atoms with E-state index in [0.29, 0.717) is 0 Å². The summed E-state index contributed by atoms with van der Waals surface area (Å²) in [6, 6.07) is 31.5. The topological polar surface area (TPSA) is 0 Å². The van der Waals surface area contributed by atoms with Crippen LogP contribution in [0.15, 0.2) is 101 Å². The van der Waals surface area contributed by atoms with Crippen molar-refractivity contribution in [1.82, 2.24) is 0 Å². The molecule has 118 valence electrons. The Morgan fingerprint density at radius 2 is 0.913 bits per heavy atom. The molecule has 0 aliphatic heterocycles. The van der Waals surface area contributed by atoms with Gasteiger partial charge >= 0.3 is 0 Å². The summed E-state index contributed by atoms with van der Waals surface area (Å²) in [5.74, 6) is 0. The first-order chi connectivity index (χ1) is 11.1. The van der Waals surface area contributed by atoms with Gasteiger partial charge in [-0.3, -0.25) is 0 Å². The average Bonchev–Trinajstić information content (AvgIpc) is 2.58. The molecule has 0 fully saturated rings. The fraction of sp³-hybridized carbons (Fsp3) is 0.182. The molecule has 3 aromatic rings. The highest BCUT2D eigenvalue weighted by atomic mass is 32.2. The molecule has 0 amide bonds. The molecule has 0 saturated heterocycles. The molecule has 0 unspecified atom stereocenters. The Balaban J connectivity index is 0.000000268. The van der Waals surface area contributed by atoms with Crippen molar-refractivity contribution in [3.63, 3.8) is 0 Å². The summed E-state index contributed by atoms with van der Waals surface area (Å²) in [4.78, 5) is 2.69. The van der Waals surface area contributed by atoms with Gasteiger partial charge in [0.2, 0.25) is 0 Å². The zero-order chi connectivity index (χ0) is 16.5. The second-order valence-corrected chi connectivity index (χ2v) is 7.66. The van der Waals surface area contributed by atoms with Gasteiger partial charge in [-0.15, -0.1) is 0 Å². The third kappa shape index (κ3) is 6.33. The Bertz CT molecular complexity index is 638. The van der Waals surface area contributed by atoms with Crippen LogP contribution in [0.4, 0.5) is 0 Å². The highest BCUT2D eigenvalue weighted by Crippen LogP contribution is 2.23. The summed E-state index contributed by atoms with van der Waals surface area (Å²) < 4.78 is 0. The molecule has 0 saturated carbocycles. The summed E-state index contributed by atoms with van der Waals surface area (Å²) in [7, 11) is 0. The molecule has 0 heterocycles. The van der Waals surface area contributed by atoms with E-state index in [9.17, 15) is 0 Å². The summed E-state index contributed by atoms with van der Waals surface area (Å²) >= 11 is 1.28. The molecule has 3 rings (SSSR count). The molecule has 3 aromatic carbocycles. The quantitative estimate of drug-likeness (QED) is 0.407. The van der Waals surface area contributed by atoms with E-state index in [1.54, 1.807) is 0 Å². The molecule has 0 aliphatic carbocycles. The fourth-order valence-corrected chi connectivity index (χ4v) is 2.99. The SMILES string of the molecule is CC(C)(C)c1ccc([SH+]c2ccccc2)cc1.c1ccccc1. The number of thiol groups is 1. The van der Waals surface area contributed by atoms with Crippen molar-refractivity contribution in [2.75, 3.05) is 0 Å². The van der Waals surface area contributed by atoms with Gasteiger partial charge in [0.1, 0.15) is 0 Å². The van der Waals surface area contributed by atoms with E-state index in [4.69, 9.17) is 0 Å². The molecule has 0 N–H and O–H groups in total. The van der Waals surface area contributed by atoms with Crippen molar-refractivity contribution in [3.05, 3.63) is 96.6 Å². The highest BCUT2D eigenvalue weighted by Gasteiger charge is 2.14. The van der Waals surface area contributed by atoms with Crippen molar-refractivity contribution in [2.24, 2.45) is 0 Å². The first-order valence-electron chi connectivity index (χ1n) is 7.93. The highest BCUT2D eigenvalue weighted by molar-refractivity contribution is 7.78. The minimum absolute atomic E-state index is 0.238. The van der Waals surface area contributed by atoms with E-state index in [2.05, 4.69) is 75.4 Å². The Hall–Kier alpha value is -1.99. The predicted molar refractivity (Wildman–Crippen MR) is 103 cm³/mol. The smallest absolute Gasteiger partial charge is 0.0623 e. The number of benzene rings is 3. The molecule has 0 atom stereocenters. The lowest BCUT2D eigenvalue weighted by molar-refractivity contribution is 0.590. The predicted octanol–water partition coefficient (Wildman–Crippen LogP) is 5.90. The molecule has 23 heavy (non-hydrogen) atoms. The number of hydrogen-bond acceptors (Lipinski definition) is 0. The first-order valence-corrected chi connectivity index (χ1v) is 8.82. The summed E-state index contributed by atoms with van der Waals surface area (Å²) in [6.45, 7) is 6.74. The molecule has 0 aliphatic rings. The van der Waals surface area contributed by atoms with Crippen LogP contribution in [0.5, 0.6) is 0 Å². The van der Waals surface area contributed by atoms with Crippen LogP contribution in [0.3, 0.4) is 0 Å². The van der Waals surface area contributed by atoms with Crippen LogP contribution in [-0.2, 0) is 17.2 Å². The monoisotopic (exact) mass is 321 g/mol. The van der Waals surface area contributed by atoms with E-state index >= 15 is 0 Å². The van der Waals surface area contributed by atoms with E-state index in [1.807, 2.05) is 36.4 Å². The molecule has 1 heteroatoms. The van der Waals surface area contributed by atoms with Gasteiger partial charge in [0.25, 0.3) is 0 Å². The van der Waals surface area contributed by atoms with Crippen molar-refractivity contribution >= 4 is 11.8 Å². The Morgan fingerprint density at radius 1 is 0.522 bits per heavy atom. The van der Waals surface area contributed by atoms with Crippen molar-refractivity contribution < 1.29 is 0 Å². The third-order valence-electron chi connectivity index (χ3n) is 3.41. The maximum absolute atomic E-state index is 2.25. The largest absolute Gasteiger partial charge is 0.158 e. The molecular weight excluding hydrogens is 296 g/mol. The number of rotatable bonds is 2. The minimum atomic E-state index is 0.238. The van der Waals surface area contributed by atoms with Gasteiger partial charge in [-0.2, -0.15) is 0 Å². The zero-order valence-corrected chi connectivity index (χ0v) is 15.0. The third-order valence-corrected chi connectivity index (χ3v) is 4.53. The molecule has 0 nitrogen and oxygen atoms in total. The zero-order valence-electron chi connectivity index (χ0n) is 14.1. The molecule has 0 radical (unpaired) electrons. The van der Waals surface area contributed by atoms with Crippen LogP contribution in [0, 0.1) is 0 Å². The van der Waals surface area contributed by atoms with Gasteiger partial charge in [-0.25, -0.2) is 0 Å². The molecular formula is C22H25S+. The molecule has 0 bridgehead atoms. The Labute approximate surface area is 144 Å². The lowest BCUT2D eigenvalue weighted by Gasteiger charge is -2.18. The Morgan fingerprint density at radius 3 is 1.35 bits per heavy atom. The van der Waals surface area contributed by atoms with Gasteiger partial charge in [-0.05, 0) is 35.2 Å². The summed E-state index contributed by atoms with van der Waals surface area (Å²) in [6.07, 6.45) is 0. The minimum Gasteiger partial charge on any atom is -0.0623 e. The second kappa shape index (κ2) is 8.59. The van der Waals surface area contributed by atoms with Crippen LogP contribution in [0.2, 0.25) is 0 Å². The summed E-state index contributed by atoms with van der Waals surface area (Å²) in [5.41, 5.74) is 1.63. The standard InChI is InChI=1S/C16H18S.C6H6/c1-16(2,3)13-9-11-15(12-10-13)17-14-7-5-4-6-8-14;1-2-4-6-5-3-1/h4-12H,1-3H3;1-6H/p+1. The van der Waals surface area contributed by atoms with Gasteiger partial charge in [0, 0.05) is 11.8 Å². The van der Waals surface area contributed by atoms with Crippen LogP contribution >= 0.6 is 0 Å². The second-order valence-electron chi connectivity index (χ2n) is 6.40. The van der Waals surface area contributed by atoms with Crippen LogP contribution < -0.4 is 0 Å². The van der Waals surface area contributed by atoms with Crippen LogP contribution in [0.25, 0.3) is 0 Å². The van der Waals surface area contributed by atoms with Crippen LogP contribution in [-0.4, -0.2) is 0 Å². The summed E-state index contributed by atoms with van der Waals surface area (Å²) in [5, 5.41) is 0. The lowest BCUT2D eigenvalue weighted by atomic mass is 9.87. The fourth-order valence-electron chi connectivity index (χ4n) is 2.07. The van der Waals surface area contributed by atoms with Gasteiger partial charge in [0.05, 0.1) is 0 Å². The van der Waals surface area contributed by atoms with Crippen molar-refractivity contribution in [3.8, 4) is 0 Å². The van der Waals surface area contributed by atoms with E-state index < -0.39 is 0 Å². The van der Waals surface area contributed by atoms with Crippen LogP contribution in [0.1, 0.15) is 26.3 Å². The average molecular weight is 322 g/mol. The molecule has 0 spiro atoms. The first kappa shape index (κ1) is 17.4. The van der Waals surface area contributed by atoms with E-state index in [1.165, 1.54) is 27.1 Å². The normalized spacial score (nSPS) is 10.6. The Kier molecular flexibility index (Phi) is 6.49. The maximum Gasteiger partial charge on any atom is 0.158 e. The van der Waals surface area contributed by atoms with Crippen molar-refractivity contribution in [1.29, 1.82) is 0 Å². The van der Waals surface area contributed by atoms with Gasteiger partial charge in [-0.1, -0.05) is 87.5 Å². The number of hydrogen-bond donors (Lipinski definition) is 0. The van der Waals surface area contributed by atoms with Gasteiger partial charge in [0.15, 0.2) is 9.79 Å². The van der Waals surface area contributed by atoms with E-state index in [-0.39, 0.29) is 5.41 Å². The molecule has 0 aromatic heterocycles. The van der Waals surface area contributed by atoms with Crippen molar-refractivity contribution in [2.45, 2.75) is 36.0 Å². The maximum atomic E-state index is 2.25.